The number of nitrogens with one attached hydrogen (secondary N) is 2. The number of rotatable bonds is 4. The van der Waals surface area contributed by atoms with Gasteiger partial charge in [-0.25, -0.2) is 0 Å². The van der Waals surface area contributed by atoms with Gasteiger partial charge in [-0.2, -0.15) is 0 Å². The summed E-state index contributed by atoms with van der Waals surface area (Å²) in [5.41, 5.74) is 1.45. The molecule has 0 spiro atoms. The lowest BCUT2D eigenvalue weighted by molar-refractivity contribution is 0.0944. The molecule has 4 heteroatoms. The summed E-state index contributed by atoms with van der Waals surface area (Å²) in [6, 6.07) is 6.05. The third-order valence-corrected chi connectivity index (χ3v) is 4.59. The molecule has 1 atom stereocenters. The van der Waals surface area contributed by atoms with Gasteiger partial charge in [0.1, 0.15) is 11.4 Å². The molecule has 0 radical (unpaired) electrons. The van der Waals surface area contributed by atoms with Crippen LogP contribution >= 0.6 is 0 Å². The van der Waals surface area contributed by atoms with Gasteiger partial charge in [0.15, 0.2) is 5.78 Å². The highest BCUT2D eigenvalue weighted by molar-refractivity contribution is 6.01. The molecule has 1 aliphatic heterocycles. The lowest BCUT2D eigenvalue weighted by Gasteiger charge is -2.33. The highest BCUT2D eigenvalue weighted by Crippen LogP contribution is 2.33. The predicted molar refractivity (Wildman–Crippen MR) is 88.8 cm³/mol. The van der Waals surface area contributed by atoms with Crippen molar-refractivity contribution < 1.29 is 9.53 Å². The first-order valence-corrected chi connectivity index (χ1v) is 8.32. The molecule has 4 nitrogen and oxygen atoms in total. The summed E-state index contributed by atoms with van der Waals surface area (Å²) in [7, 11) is 0. The molecule has 0 aromatic heterocycles. The van der Waals surface area contributed by atoms with Crippen LogP contribution in [0.4, 0.5) is 5.69 Å². The van der Waals surface area contributed by atoms with Crippen molar-refractivity contribution >= 4 is 11.5 Å². The first-order valence-electron chi connectivity index (χ1n) is 8.32. The zero-order valence-corrected chi connectivity index (χ0v) is 13.7. The van der Waals surface area contributed by atoms with Crippen LogP contribution in [0, 0.1) is 0 Å². The Kier molecular flexibility index (Phi) is 4.13. The maximum Gasteiger partial charge on any atom is 0.179 e. The van der Waals surface area contributed by atoms with Crippen LogP contribution in [0.5, 0.6) is 5.75 Å². The first-order chi connectivity index (χ1) is 10.4. The Hall–Kier alpha value is -1.55. The summed E-state index contributed by atoms with van der Waals surface area (Å²) in [4.78, 5) is 12.6. The van der Waals surface area contributed by atoms with Crippen molar-refractivity contribution in [1.82, 2.24) is 5.32 Å². The van der Waals surface area contributed by atoms with Crippen LogP contribution in [0.1, 0.15) is 56.8 Å². The Labute approximate surface area is 132 Å². The highest BCUT2D eigenvalue weighted by atomic mass is 16.5. The summed E-state index contributed by atoms with van der Waals surface area (Å²) >= 11 is 0. The van der Waals surface area contributed by atoms with Crippen LogP contribution in [0.3, 0.4) is 0 Å². The van der Waals surface area contributed by atoms with Crippen LogP contribution in [0.15, 0.2) is 18.2 Å². The Morgan fingerprint density at radius 1 is 1.36 bits per heavy atom. The molecule has 22 heavy (non-hydrogen) atoms. The molecule has 2 N–H and O–H groups in total. The van der Waals surface area contributed by atoms with Gasteiger partial charge in [-0.1, -0.05) is 12.8 Å². The first kappa shape index (κ1) is 15.3. The topological polar surface area (TPSA) is 50.4 Å². The lowest BCUT2D eigenvalue weighted by Crippen LogP contribution is -2.41. The molecule has 1 fully saturated rings. The van der Waals surface area contributed by atoms with Crippen molar-refractivity contribution in [2.24, 2.45) is 0 Å². The zero-order chi connectivity index (χ0) is 15.7. The van der Waals surface area contributed by atoms with E-state index in [1.54, 1.807) is 0 Å². The minimum atomic E-state index is -0.212. The van der Waals surface area contributed by atoms with E-state index in [0.717, 1.165) is 23.5 Å². The van der Waals surface area contributed by atoms with E-state index in [-0.39, 0.29) is 17.4 Å². The second-order valence-corrected chi connectivity index (χ2v) is 7.16. The second-order valence-electron chi connectivity index (χ2n) is 7.16. The molecule has 1 unspecified atom stereocenters. The summed E-state index contributed by atoms with van der Waals surface area (Å²) in [6.45, 7) is 6.81. The molecule has 0 amide bonds. The number of hydrogen-bond donors (Lipinski definition) is 2. The molecule has 0 bridgehead atoms. The Balaban J connectivity index is 1.70. The molecule has 120 valence electrons. The molecule has 1 aromatic carbocycles. The number of Topliss-reactive ketones (excluding diaryl/α,β-unsaturated/α-hetero) is 1. The highest BCUT2D eigenvalue weighted by Gasteiger charge is 2.27. The molecule has 1 saturated carbocycles. The van der Waals surface area contributed by atoms with Gasteiger partial charge in [-0.3, -0.25) is 4.79 Å². The predicted octanol–water partition coefficient (Wildman–Crippen LogP) is 3.37. The van der Waals surface area contributed by atoms with Crippen LogP contribution in [-0.2, 0) is 0 Å². The third kappa shape index (κ3) is 3.27. The van der Waals surface area contributed by atoms with Crippen molar-refractivity contribution in [1.29, 1.82) is 0 Å². The second kappa shape index (κ2) is 5.92. The number of carbonyl (C=O) groups is 1. The fourth-order valence-electron chi connectivity index (χ4n) is 3.32. The number of carbonyl (C=O) groups excluding carboxylic acids is 1. The Morgan fingerprint density at radius 2 is 2.09 bits per heavy atom. The number of anilines is 1. The van der Waals surface area contributed by atoms with E-state index in [0.29, 0.717) is 6.04 Å². The van der Waals surface area contributed by atoms with Gasteiger partial charge < -0.3 is 15.4 Å². The van der Waals surface area contributed by atoms with Crippen molar-refractivity contribution in [2.45, 2.75) is 64.1 Å². The molecular formula is C18H26N2O2. The van der Waals surface area contributed by atoms with Gasteiger partial charge in [0.05, 0.1) is 18.3 Å². The molecule has 0 saturated heterocycles. The van der Waals surface area contributed by atoms with Gasteiger partial charge in [-0.05, 0) is 51.8 Å². The number of ether oxygens (including phenoxy) is 1. The van der Waals surface area contributed by atoms with E-state index in [1.807, 2.05) is 25.1 Å². The van der Waals surface area contributed by atoms with Crippen LogP contribution in [0.2, 0.25) is 0 Å². The van der Waals surface area contributed by atoms with E-state index in [1.165, 1.54) is 25.7 Å². The van der Waals surface area contributed by atoms with Crippen LogP contribution in [0.25, 0.3) is 0 Å². The van der Waals surface area contributed by atoms with E-state index >= 15 is 0 Å². The normalized spacial score (nSPS) is 21.6. The van der Waals surface area contributed by atoms with Crippen molar-refractivity contribution in [3.05, 3.63) is 23.8 Å². The summed E-state index contributed by atoms with van der Waals surface area (Å²) in [5.74, 6) is 0.977. The minimum Gasteiger partial charge on any atom is -0.484 e. The standard InChI is InChI=1S/C18H26N2O2/c1-12(20-14-6-4-5-7-14)17(21)13-8-9-16-15(10-13)19-11-18(2,3)22-16/h8-10,12,14,19-20H,4-7,11H2,1-3H3. The van der Waals surface area contributed by atoms with Gasteiger partial charge in [0.2, 0.25) is 0 Å². The van der Waals surface area contributed by atoms with Gasteiger partial charge in [-0.15, -0.1) is 0 Å². The number of ketones is 1. The number of benzene rings is 1. The summed E-state index contributed by atoms with van der Waals surface area (Å²) in [5, 5.41) is 6.83. The Bertz CT molecular complexity index is 562. The van der Waals surface area contributed by atoms with Crippen molar-refractivity contribution in [3.8, 4) is 5.75 Å². The molecule has 1 heterocycles. The summed E-state index contributed by atoms with van der Waals surface area (Å²) in [6.07, 6.45) is 4.92. The molecule has 1 aromatic rings. The number of hydrogen-bond acceptors (Lipinski definition) is 4. The number of fused-ring (bicyclic) bond motifs is 1. The zero-order valence-electron chi connectivity index (χ0n) is 13.7. The molecular weight excluding hydrogens is 276 g/mol. The van der Waals surface area contributed by atoms with Gasteiger partial charge in [0.25, 0.3) is 0 Å². The smallest absolute Gasteiger partial charge is 0.179 e. The van der Waals surface area contributed by atoms with E-state index in [4.69, 9.17) is 4.74 Å². The largest absolute Gasteiger partial charge is 0.484 e. The minimum absolute atomic E-state index is 0.137. The average Bonchev–Trinajstić information content (AvgIpc) is 2.98. The van der Waals surface area contributed by atoms with E-state index < -0.39 is 0 Å². The van der Waals surface area contributed by atoms with E-state index in [2.05, 4.69) is 24.5 Å². The maximum atomic E-state index is 12.6. The average molecular weight is 302 g/mol. The van der Waals surface area contributed by atoms with Gasteiger partial charge >= 0.3 is 0 Å². The van der Waals surface area contributed by atoms with Crippen molar-refractivity contribution in [3.63, 3.8) is 0 Å². The maximum absolute atomic E-state index is 12.6. The quantitative estimate of drug-likeness (QED) is 0.837. The SMILES string of the molecule is CC(NC1CCCC1)C(=O)c1ccc2c(c1)NCC(C)(C)O2. The fourth-order valence-corrected chi connectivity index (χ4v) is 3.32. The fraction of sp³-hybridized carbons (Fsp3) is 0.611. The third-order valence-electron chi connectivity index (χ3n) is 4.59. The lowest BCUT2D eigenvalue weighted by atomic mass is 10.0. The van der Waals surface area contributed by atoms with Gasteiger partial charge in [0, 0.05) is 11.6 Å². The van der Waals surface area contributed by atoms with Crippen molar-refractivity contribution in [2.75, 3.05) is 11.9 Å². The van der Waals surface area contributed by atoms with Crippen LogP contribution < -0.4 is 15.4 Å². The van der Waals surface area contributed by atoms with Crippen LogP contribution in [-0.4, -0.2) is 30.0 Å². The molecule has 2 aliphatic rings. The molecule has 3 rings (SSSR count). The monoisotopic (exact) mass is 302 g/mol. The van der Waals surface area contributed by atoms with E-state index in [9.17, 15) is 4.79 Å². The molecule has 1 aliphatic carbocycles. The summed E-state index contributed by atoms with van der Waals surface area (Å²) < 4.78 is 5.93. The Morgan fingerprint density at radius 3 is 2.82 bits per heavy atom.